The second-order valence-corrected chi connectivity index (χ2v) is 17.1. The highest BCUT2D eigenvalue weighted by molar-refractivity contribution is 6.99. The minimum Gasteiger partial charge on any atom is -0.401 e. The van der Waals surface area contributed by atoms with Crippen molar-refractivity contribution < 1.29 is 23.6 Å². The normalized spacial score (nSPS) is 19.2. The summed E-state index contributed by atoms with van der Waals surface area (Å²) < 4.78 is 26.0. The lowest BCUT2D eigenvalue weighted by molar-refractivity contribution is 0.00578. The number of aliphatic hydroxyl groups excluding tert-OH is 1. The summed E-state index contributed by atoms with van der Waals surface area (Å²) in [7, 11) is -1.55. The van der Waals surface area contributed by atoms with Crippen molar-refractivity contribution in [3.8, 4) is 0 Å². The molecule has 2 atom stereocenters. The van der Waals surface area contributed by atoms with Crippen LogP contribution in [0.5, 0.6) is 0 Å². The lowest BCUT2D eigenvalue weighted by Gasteiger charge is -2.45. The van der Waals surface area contributed by atoms with Gasteiger partial charge in [-0.1, -0.05) is 105 Å². The molecule has 1 N–H and O–H groups in total. The highest BCUT2D eigenvalue weighted by Gasteiger charge is 2.52. The Balaban J connectivity index is 2.08. The molecule has 0 amide bonds. The van der Waals surface area contributed by atoms with E-state index in [0.29, 0.717) is 12.8 Å². The molecule has 0 radical (unpaired) electrons. The molecule has 2 aromatic carbocycles. The van der Waals surface area contributed by atoms with Crippen LogP contribution in [0.1, 0.15) is 68.2 Å². The largest absolute Gasteiger partial charge is 0.486 e. The van der Waals surface area contributed by atoms with E-state index in [1.807, 2.05) is 19.0 Å². The third-order valence-corrected chi connectivity index (χ3v) is 13.4. The van der Waals surface area contributed by atoms with Gasteiger partial charge in [-0.3, -0.25) is 0 Å². The minimum absolute atomic E-state index is 0.0419. The smallest absolute Gasteiger partial charge is 0.401 e. The van der Waals surface area contributed by atoms with E-state index in [4.69, 9.17) is 18.5 Å². The van der Waals surface area contributed by atoms with Crippen molar-refractivity contribution in [1.29, 1.82) is 0 Å². The van der Waals surface area contributed by atoms with E-state index in [-0.39, 0.29) is 23.9 Å². The van der Waals surface area contributed by atoms with Crippen molar-refractivity contribution in [2.24, 2.45) is 0 Å². The molecule has 1 fully saturated rings. The minimum atomic E-state index is -2.82. The van der Waals surface area contributed by atoms with Crippen molar-refractivity contribution >= 4 is 25.8 Å². The quantitative estimate of drug-likeness (QED) is 0.259. The lowest BCUT2D eigenvalue weighted by atomic mass is 9.89. The Morgan fingerprint density at radius 3 is 1.88 bits per heavy atom. The zero-order chi connectivity index (χ0) is 29.6. The first-order valence-electron chi connectivity index (χ1n) is 14.4. The molecule has 3 rings (SSSR count). The van der Waals surface area contributed by atoms with E-state index in [9.17, 15) is 5.11 Å². The maximum atomic E-state index is 9.52. The van der Waals surface area contributed by atoms with Gasteiger partial charge in [0.15, 0.2) is 0 Å². The van der Waals surface area contributed by atoms with Gasteiger partial charge in [-0.2, -0.15) is 0 Å². The van der Waals surface area contributed by atoms with Crippen molar-refractivity contribution in [1.82, 2.24) is 0 Å². The zero-order valence-electron chi connectivity index (χ0n) is 25.9. The first-order chi connectivity index (χ1) is 18.8. The van der Waals surface area contributed by atoms with Crippen molar-refractivity contribution in [2.75, 3.05) is 13.7 Å². The summed E-state index contributed by atoms with van der Waals surface area (Å²) in [4.78, 5) is 0. The molecule has 0 aliphatic carbocycles. The van der Waals surface area contributed by atoms with Gasteiger partial charge < -0.3 is 23.6 Å². The summed E-state index contributed by atoms with van der Waals surface area (Å²) in [5.74, 6) is 2.00. The number of methoxy groups -OCH3 is 1. The number of hydrogen-bond acceptors (Lipinski definition) is 5. The molecule has 1 aliphatic rings. The molecule has 1 heterocycles. The van der Waals surface area contributed by atoms with Crippen LogP contribution in [-0.4, -0.2) is 57.7 Å². The summed E-state index contributed by atoms with van der Waals surface area (Å²) in [6.07, 6.45) is 5.13. The van der Waals surface area contributed by atoms with E-state index in [1.54, 1.807) is 7.11 Å². The van der Waals surface area contributed by atoms with Crippen LogP contribution >= 0.6 is 0 Å². The molecule has 0 unspecified atom stereocenters. The first-order valence-corrected chi connectivity index (χ1v) is 16.3. The third kappa shape index (κ3) is 7.44. The Hall–Kier alpha value is -2.00. The van der Waals surface area contributed by atoms with Gasteiger partial charge in [-0.25, -0.2) is 0 Å². The van der Waals surface area contributed by atoms with Gasteiger partial charge in [-0.15, -0.1) is 0 Å². The Kier molecular flexibility index (Phi) is 10.8. The predicted molar refractivity (Wildman–Crippen MR) is 169 cm³/mol. The average Bonchev–Trinajstić information content (AvgIpc) is 3.13. The van der Waals surface area contributed by atoms with Crippen LogP contribution in [0.2, 0.25) is 5.04 Å². The van der Waals surface area contributed by atoms with Crippen molar-refractivity contribution in [3.05, 3.63) is 84.4 Å². The first kappa shape index (κ1) is 32.5. The summed E-state index contributed by atoms with van der Waals surface area (Å²) >= 11 is 0. The molecular formula is C33H49BO5Si. The third-order valence-electron chi connectivity index (χ3n) is 8.31. The van der Waals surface area contributed by atoms with Gasteiger partial charge in [0.25, 0.3) is 8.32 Å². The maximum absolute atomic E-state index is 9.52. The standard InChI is InChI=1S/C33H49BO5Si/c1-26(25-35)20-21-27(36-9)24-28(22-23-34-38-32(5,6)33(7,8)39-34)37-40(31(2,3)4,29-16-12-10-13-17-29)30-18-14-11-15-19-30/h10-20,22-23,27-28,35H,21,24-25H2,1-9H3/b23-22+,26-20-/t27-,28+/m0/s1. The molecule has 0 spiro atoms. The van der Waals surface area contributed by atoms with Crippen LogP contribution in [0.4, 0.5) is 0 Å². The lowest BCUT2D eigenvalue weighted by Crippen LogP contribution is -2.67. The van der Waals surface area contributed by atoms with E-state index < -0.39 is 26.6 Å². The topological polar surface area (TPSA) is 57.2 Å². The molecular weight excluding hydrogens is 515 g/mol. The monoisotopic (exact) mass is 564 g/mol. The molecule has 5 nitrogen and oxygen atoms in total. The van der Waals surface area contributed by atoms with Crippen LogP contribution in [0.25, 0.3) is 0 Å². The summed E-state index contributed by atoms with van der Waals surface area (Å²) in [6, 6.07) is 21.4. The van der Waals surface area contributed by atoms with Gasteiger partial charge in [0.2, 0.25) is 0 Å². The number of rotatable bonds is 12. The maximum Gasteiger partial charge on any atom is 0.486 e. The summed E-state index contributed by atoms with van der Waals surface area (Å²) in [6.45, 7) is 17.1. The van der Waals surface area contributed by atoms with Crippen LogP contribution in [0.3, 0.4) is 0 Å². The molecule has 7 heteroatoms. The average molecular weight is 565 g/mol. The van der Waals surface area contributed by atoms with E-state index in [2.05, 4.69) is 115 Å². The molecule has 0 saturated carbocycles. The molecule has 2 aromatic rings. The second kappa shape index (κ2) is 13.3. The zero-order valence-corrected chi connectivity index (χ0v) is 26.9. The fourth-order valence-electron chi connectivity index (χ4n) is 5.21. The van der Waals surface area contributed by atoms with Gasteiger partial charge in [0.1, 0.15) is 0 Å². The Bertz CT molecular complexity index is 1070. The van der Waals surface area contributed by atoms with Crippen LogP contribution in [0, 0.1) is 0 Å². The highest BCUT2D eigenvalue weighted by atomic mass is 28.4. The number of hydrogen-bond donors (Lipinski definition) is 1. The van der Waals surface area contributed by atoms with Gasteiger partial charge >= 0.3 is 7.12 Å². The Labute approximate surface area is 243 Å². The second-order valence-electron chi connectivity index (χ2n) is 12.9. The Morgan fingerprint density at radius 1 is 0.950 bits per heavy atom. The van der Waals surface area contributed by atoms with Crippen LogP contribution in [0.15, 0.2) is 84.4 Å². The van der Waals surface area contributed by atoms with Crippen molar-refractivity contribution in [2.45, 2.75) is 96.7 Å². The molecule has 0 bridgehead atoms. The molecule has 1 aliphatic heterocycles. The van der Waals surface area contributed by atoms with E-state index >= 15 is 0 Å². The van der Waals surface area contributed by atoms with Crippen LogP contribution in [-0.2, 0) is 18.5 Å². The molecule has 0 aromatic heterocycles. The molecule has 1 saturated heterocycles. The fourth-order valence-corrected chi connectivity index (χ4v) is 9.85. The highest BCUT2D eigenvalue weighted by Crippen LogP contribution is 2.39. The van der Waals surface area contributed by atoms with E-state index in [0.717, 1.165) is 5.57 Å². The van der Waals surface area contributed by atoms with Gasteiger partial charge in [-0.05, 0) is 56.5 Å². The van der Waals surface area contributed by atoms with Crippen LogP contribution < -0.4 is 10.4 Å². The number of benzene rings is 2. The summed E-state index contributed by atoms with van der Waals surface area (Å²) in [5, 5.41) is 11.8. The van der Waals surface area contributed by atoms with Gasteiger partial charge in [0, 0.05) is 13.5 Å². The van der Waals surface area contributed by atoms with Crippen molar-refractivity contribution in [3.63, 3.8) is 0 Å². The number of ether oxygens (including phenoxy) is 1. The number of aliphatic hydroxyl groups is 1. The Morgan fingerprint density at radius 2 is 1.45 bits per heavy atom. The van der Waals surface area contributed by atoms with Gasteiger partial charge in [0.05, 0.1) is 30.0 Å². The molecule has 40 heavy (non-hydrogen) atoms. The predicted octanol–water partition coefficient (Wildman–Crippen LogP) is 5.85. The summed E-state index contributed by atoms with van der Waals surface area (Å²) in [5.41, 5.74) is 0.0926. The SMILES string of the molecule is CO[C@@H](C/C=C(/C)CO)C[C@@H](/C=C/B1OC(C)(C)C(C)(C)O1)O[Si](c1ccccc1)(c1ccccc1)C(C)(C)C. The molecule has 218 valence electrons. The fraction of sp³-hybridized carbons (Fsp3) is 0.515. The van der Waals surface area contributed by atoms with E-state index in [1.165, 1.54) is 10.4 Å².